The number of aryl methyl sites for hydroxylation is 1. The molecule has 19 heavy (non-hydrogen) atoms. The largest absolute Gasteiger partial charge is 0.547 e. The first-order valence-electron chi connectivity index (χ1n) is 6.29. The van der Waals surface area contributed by atoms with Gasteiger partial charge in [-0.2, -0.15) is 5.10 Å². The fourth-order valence-electron chi connectivity index (χ4n) is 1.81. The molecule has 1 aromatic heterocycles. The number of aromatic nitrogens is 2. The van der Waals surface area contributed by atoms with Crippen molar-refractivity contribution in [2.24, 2.45) is 12.8 Å². The summed E-state index contributed by atoms with van der Waals surface area (Å²) in [5.74, 6) is 0.855. The van der Waals surface area contributed by atoms with Crippen LogP contribution < -0.4 is 10.2 Å². The van der Waals surface area contributed by atoms with Crippen LogP contribution in [0.2, 0.25) is 13.1 Å². The number of nitrogens with two attached hydrogens (primary N) is 1. The van der Waals surface area contributed by atoms with Crippen LogP contribution in [0.5, 0.6) is 5.75 Å². The van der Waals surface area contributed by atoms with Gasteiger partial charge in [0.1, 0.15) is 5.75 Å². The normalized spacial score (nSPS) is 11.9. The predicted octanol–water partition coefficient (Wildman–Crippen LogP) is 2.24. The number of hydrogen-bond donors (Lipinski definition) is 1. The predicted molar refractivity (Wildman–Crippen MR) is 81.2 cm³/mol. The lowest BCUT2D eigenvalue weighted by molar-refractivity contribution is 0.578. The van der Waals surface area contributed by atoms with Gasteiger partial charge in [0.15, 0.2) is 0 Å². The fraction of sp³-hybridized carbons (Fsp3) is 0.214. The van der Waals surface area contributed by atoms with Crippen LogP contribution in [0.3, 0.4) is 0 Å². The summed E-state index contributed by atoms with van der Waals surface area (Å²) in [6, 6.07) is 9.78. The Labute approximate surface area is 115 Å². The highest BCUT2D eigenvalue weighted by molar-refractivity contribution is 6.49. The topological polar surface area (TPSA) is 53.1 Å². The summed E-state index contributed by atoms with van der Waals surface area (Å²) in [7, 11) is 0.734. The van der Waals surface area contributed by atoms with E-state index in [-0.39, 0.29) is 0 Å². The van der Waals surface area contributed by atoms with E-state index in [4.69, 9.17) is 10.2 Å². The molecule has 2 aromatic rings. The molecule has 0 fully saturated rings. The van der Waals surface area contributed by atoms with E-state index in [2.05, 4.69) is 18.2 Å². The van der Waals surface area contributed by atoms with Gasteiger partial charge in [0, 0.05) is 24.5 Å². The molecule has 0 unspecified atom stereocenters. The molecular formula is C14H19N3OSi. The van der Waals surface area contributed by atoms with E-state index < -0.39 is 9.04 Å². The van der Waals surface area contributed by atoms with Crippen molar-refractivity contribution in [2.75, 3.05) is 0 Å². The van der Waals surface area contributed by atoms with Crippen LogP contribution in [-0.4, -0.2) is 18.8 Å². The third-order valence-electron chi connectivity index (χ3n) is 2.60. The summed E-state index contributed by atoms with van der Waals surface area (Å²) < 4.78 is 7.65. The maximum atomic E-state index is 6.16. The van der Waals surface area contributed by atoms with Crippen LogP contribution >= 0.6 is 0 Å². The lowest BCUT2D eigenvalue weighted by Crippen LogP contribution is -2.13. The average Bonchev–Trinajstić information content (AvgIpc) is 2.74. The minimum absolute atomic E-state index is 0.670. The molecule has 0 atom stereocenters. The third kappa shape index (κ3) is 3.48. The molecule has 0 aliphatic rings. The molecule has 0 saturated carbocycles. The lowest BCUT2D eigenvalue weighted by Gasteiger charge is -2.14. The van der Waals surface area contributed by atoms with Gasteiger partial charge in [0.05, 0.1) is 5.69 Å². The van der Waals surface area contributed by atoms with Crippen molar-refractivity contribution in [3.8, 4) is 5.75 Å². The van der Waals surface area contributed by atoms with E-state index in [1.807, 2.05) is 49.7 Å². The van der Waals surface area contributed by atoms with E-state index in [9.17, 15) is 0 Å². The molecule has 0 spiro atoms. The molecule has 1 aromatic carbocycles. The van der Waals surface area contributed by atoms with E-state index >= 15 is 0 Å². The monoisotopic (exact) mass is 273 g/mol. The molecule has 100 valence electrons. The van der Waals surface area contributed by atoms with Crippen molar-refractivity contribution in [1.82, 2.24) is 9.78 Å². The minimum Gasteiger partial charge on any atom is -0.547 e. The third-order valence-corrected chi connectivity index (χ3v) is 3.32. The minimum atomic E-state index is -1.15. The van der Waals surface area contributed by atoms with Crippen molar-refractivity contribution in [1.29, 1.82) is 0 Å². The van der Waals surface area contributed by atoms with Crippen molar-refractivity contribution in [3.05, 3.63) is 47.8 Å². The molecule has 0 saturated heterocycles. The Balaban J connectivity index is 2.32. The van der Waals surface area contributed by atoms with Crippen LogP contribution in [0.1, 0.15) is 11.3 Å². The van der Waals surface area contributed by atoms with Crippen molar-refractivity contribution in [3.63, 3.8) is 0 Å². The molecule has 0 aliphatic carbocycles. The smallest absolute Gasteiger partial charge is 0.229 e. The van der Waals surface area contributed by atoms with Gasteiger partial charge in [-0.05, 0) is 37.4 Å². The van der Waals surface area contributed by atoms with Crippen molar-refractivity contribution in [2.45, 2.75) is 13.1 Å². The number of benzene rings is 1. The first-order chi connectivity index (χ1) is 9.06. The Morgan fingerprint density at radius 2 is 2.05 bits per heavy atom. The summed E-state index contributed by atoms with van der Waals surface area (Å²) in [5, 5.41) is 4.29. The van der Waals surface area contributed by atoms with Crippen molar-refractivity contribution >= 4 is 20.8 Å². The summed E-state index contributed by atoms with van der Waals surface area (Å²) >= 11 is 0. The van der Waals surface area contributed by atoms with Gasteiger partial charge in [0.2, 0.25) is 9.04 Å². The maximum absolute atomic E-state index is 6.16. The lowest BCUT2D eigenvalue weighted by atomic mass is 10.1. The standard InChI is InChI=1S/C14H19N3OSi/c1-17-9-8-11(16-17)10-13(15)12-6-4-5-7-14(12)18-19(2)3/h4-10,19H,15H2,1-3H3/b13-10-. The summed E-state index contributed by atoms with van der Waals surface area (Å²) in [5.41, 5.74) is 8.60. The fourth-order valence-corrected chi connectivity index (χ4v) is 2.52. The van der Waals surface area contributed by atoms with Gasteiger partial charge < -0.3 is 10.2 Å². The van der Waals surface area contributed by atoms with E-state index in [0.717, 1.165) is 17.0 Å². The van der Waals surface area contributed by atoms with Gasteiger partial charge in [-0.1, -0.05) is 12.1 Å². The first kappa shape index (κ1) is 13.4. The van der Waals surface area contributed by atoms with Gasteiger partial charge in [-0.25, -0.2) is 0 Å². The molecular weight excluding hydrogens is 254 g/mol. The molecule has 0 radical (unpaired) electrons. The summed E-state index contributed by atoms with van der Waals surface area (Å²) in [6.07, 6.45) is 3.76. The van der Waals surface area contributed by atoms with E-state index in [1.165, 1.54) is 0 Å². The zero-order chi connectivity index (χ0) is 13.8. The Bertz CT molecular complexity index is 590. The van der Waals surface area contributed by atoms with Gasteiger partial charge in [-0.3, -0.25) is 4.68 Å². The molecule has 0 aliphatic heterocycles. The Morgan fingerprint density at radius 3 is 2.68 bits per heavy atom. The molecule has 5 heteroatoms. The zero-order valence-electron chi connectivity index (χ0n) is 11.5. The van der Waals surface area contributed by atoms with Gasteiger partial charge in [-0.15, -0.1) is 0 Å². The van der Waals surface area contributed by atoms with E-state index in [0.29, 0.717) is 5.70 Å². The number of hydrogen-bond acceptors (Lipinski definition) is 3. The summed E-state index contributed by atoms with van der Waals surface area (Å²) in [4.78, 5) is 0. The highest BCUT2D eigenvalue weighted by Crippen LogP contribution is 2.24. The molecule has 4 nitrogen and oxygen atoms in total. The van der Waals surface area contributed by atoms with E-state index in [1.54, 1.807) is 4.68 Å². The van der Waals surface area contributed by atoms with Crippen LogP contribution in [0.15, 0.2) is 36.5 Å². The second-order valence-electron chi connectivity index (χ2n) is 4.68. The van der Waals surface area contributed by atoms with Gasteiger partial charge >= 0.3 is 0 Å². The molecule has 2 N–H and O–H groups in total. The summed E-state index contributed by atoms with van der Waals surface area (Å²) in [6.45, 7) is 4.27. The number of para-hydroxylation sites is 1. The van der Waals surface area contributed by atoms with Crippen LogP contribution in [0.4, 0.5) is 0 Å². The Hall–Kier alpha value is -2.01. The molecule has 0 bridgehead atoms. The van der Waals surface area contributed by atoms with Crippen LogP contribution in [0, 0.1) is 0 Å². The van der Waals surface area contributed by atoms with Crippen molar-refractivity contribution < 1.29 is 4.43 Å². The Morgan fingerprint density at radius 1 is 1.32 bits per heavy atom. The maximum Gasteiger partial charge on any atom is 0.229 e. The SMILES string of the molecule is Cn1ccc(/C=C(\N)c2ccccc2O[SiH](C)C)n1. The second kappa shape index (κ2) is 5.75. The highest BCUT2D eigenvalue weighted by Gasteiger charge is 2.08. The highest BCUT2D eigenvalue weighted by atomic mass is 28.3. The first-order valence-corrected chi connectivity index (χ1v) is 9.07. The number of rotatable bonds is 4. The molecule has 2 rings (SSSR count). The molecule has 1 heterocycles. The molecule has 0 amide bonds. The van der Waals surface area contributed by atoms with Crippen LogP contribution in [0.25, 0.3) is 11.8 Å². The number of nitrogens with zero attached hydrogens (tertiary/aromatic N) is 2. The van der Waals surface area contributed by atoms with Crippen LogP contribution in [-0.2, 0) is 7.05 Å². The second-order valence-corrected chi connectivity index (χ2v) is 7.01. The van der Waals surface area contributed by atoms with Gasteiger partial charge in [0.25, 0.3) is 0 Å². The quantitative estimate of drug-likeness (QED) is 0.869. The zero-order valence-corrected chi connectivity index (χ0v) is 12.7. The Kier molecular flexibility index (Phi) is 4.06. The average molecular weight is 273 g/mol.